The van der Waals surface area contributed by atoms with Crippen LogP contribution in [0.1, 0.15) is 46.6 Å². The van der Waals surface area contributed by atoms with Crippen molar-refractivity contribution in [1.29, 1.82) is 0 Å². The number of carbonyl (C=O) groups excluding carboxylic acids is 1. The minimum absolute atomic E-state index is 0.0117. The Labute approximate surface area is 132 Å². The highest BCUT2D eigenvalue weighted by Crippen LogP contribution is 2.21. The fourth-order valence-electron chi connectivity index (χ4n) is 1.95. The van der Waals surface area contributed by atoms with Crippen molar-refractivity contribution in [2.75, 3.05) is 5.75 Å². The Hall–Kier alpha value is -2.21. The molecule has 1 aromatic carbocycles. The normalized spacial score (nSPS) is 11.9. The van der Waals surface area contributed by atoms with E-state index in [2.05, 4.69) is 12.2 Å². The van der Waals surface area contributed by atoms with E-state index in [9.17, 15) is 9.59 Å². The van der Waals surface area contributed by atoms with Crippen molar-refractivity contribution in [2.45, 2.75) is 24.8 Å². The summed E-state index contributed by atoms with van der Waals surface area (Å²) in [7, 11) is 0. The Kier molecular flexibility index (Phi) is 5.27. The van der Waals surface area contributed by atoms with Gasteiger partial charge in [0.1, 0.15) is 0 Å². The summed E-state index contributed by atoms with van der Waals surface area (Å²) in [5, 5.41) is 11.6. The SMILES string of the molecule is CCSc1ccc(C(C)NC(=O)c2ccc(C(=O)O)o2)cc1. The molecule has 0 bridgehead atoms. The molecule has 1 aromatic heterocycles. The van der Waals surface area contributed by atoms with Gasteiger partial charge in [-0.05, 0) is 42.5 Å². The summed E-state index contributed by atoms with van der Waals surface area (Å²) < 4.78 is 4.98. The van der Waals surface area contributed by atoms with Crippen LogP contribution >= 0.6 is 11.8 Å². The summed E-state index contributed by atoms with van der Waals surface area (Å²) in [6, 6.07) is 10.4. The van der Waals surface area contributed by atoms with E-state index >= 15 is 0 Å². The van der Waals surface area contributed by atoms with E-state index < -0.39 is 11.9 Å². The molecule has 2 aromatic rings. The number of carboxylic acid groups (broad SMARTS) is 1. The lowest BCUT2D eigenvalue weighted by atomic mass is 10.1. The summed E-state index contributed by atoms with van der Waals surface area (Å²) >= 11 is 1.75. The first-order valence-electron chi connectivity index (χ1n) is 6.88. The van der Waals surface area contributed by atoms with Crippen LogP contribution in [0.2, 0.25) is 0 Å². The first-order chi connectivity index (χ1) is 10.5. The Balaban J connectivity index is 2.02. The van der Waals surface area contributed by atoms with Gasteiger partial charge in [-0.15, -0.1) is 11.8 Å². The second-order valence-electron chi connectivity index (χ2n) is 4.67. The van der Waals surface area contributed by atoms with Crippen molar-refractivity contribution in [2.24, 2.45) is 0 Å². The van der Waals surface area contributed by atoms with Gasteiger partial charge in [-0.3, -0.25) is 4.79 Å². The van der Waals surface area contributed by atoms with Gasteiger partial charge in [-0.25, -0.2) is 4.79 Å². The number of carboxylic acids is 1. The number of amides is 1. The van der Waals surface area contributed by atoms with Gasteiger partial charge >= 0.3 is 5.97 Å². The lowest BCUT2D eigenvalue weighted by Gasteiger charge is -2.13. The van der Waals surface area contributed by atoms with Gasteiger partial charge in [0, 0.05) is 4.90 Å². The number of carbonyl (C=O) groups is 2. The van der Waals surface area contributed by atoms with Gasteiger partial charge in [0.25, 0.3) is 5.91 Å². The third-order valence-electron chi connectivity index (χ3n) is 3.08. The summed E-state index contributed by atoms with van der Waals surface area (Å²) in [5.41, 5.74) is 0.971. The molecule has 116 valence electrons. The molecule has 2 N–H and O–H groups in total. The Morgan fingerprint density at radius 1 is 1.18 bits per heavy atom. The highest BCUT2D eigenvalue weighted by atomic mass is 32.2. The standard InChI is InChI=1S/C16H17NO4S/c1-3-22-12-6-4-11(5-7-12)10(2)17-15(18)13-8-9-14(21-13)16(19)20/h4-10H,3H2,1-2H3,(H,17,18)(H,19,20). The molecule has 0 saturated heterocycles. The van der Waals surface area contributed by atoms with Gasteiger partial charge in [-0.2, -0.15) is 0 Å². The molecule has 0 spiro atoms. The van der Waals surface area contributed by atoms with Crippen LogP contribution in [-0.4, -0.2) is 22.7 Å². The average molecular weight is 319 g/mol. The maximum absolute atomic E-state index is 12.0. The van der Waals surface area contributed by atoms with Crippen LogP contribution in [0.4, 0.5) is 0 Å². The molecule has 0 saturated carbocycles. The number of rotatable bonds is 6. The monoisotopic (exact) mass is 319 g/mol. The predicted molar refractivity (Wildman–Crippen MR) is 84.4 cm³/mol. The van der Waals surface area contributed by atoms with E-state index in [1.807, 2.05) is 31.2 Å². The zero-order valence-corrected chi connectivity index (χ0v) is 13.1. The summed E-state index contributed by atoms with van der Waals surface area (Å²) in [6.07, 6.45) is 0. The lowest BCUT2D eigenvalue weighted by molar-refractivity contribution is 0.0659. The molecule has 0 radical (unpaired) electrons. The third-order valence-corrected chi connectivity index (χ3v) is 3.97. The van der Waals surface area contributed by atoms with E-state index in [0.29, 0.717) is 0 Å². The summed E-state index contributed by atoms with van der Waals surface area (Å²) in [5.74, 6) is -0.889. The molecule has 5 nitrogen and oxygen atoms in total. The Morgan fingerprint density at radius 2 is 1.82 bits per heavy atom. The van der Waals surface area contributed by atoms with Crippen LogP contribution in [0.15, 0.2) is 45.7 Å². The van der Waals surface area contributed by atoms with Crippen molar-refractivity contribution in [3.63, 3.8) is 0 Å². The molecule has 1 heterocycles. The summed E-state index contributed by atoms with van der Waals surface area (Å²) in [4.78, 5) is 24.0. The zero-order valence-electron chi connectivity index (χ0n) is 12.3. The molecule has 1 atom stereocenters. The topological polar surface area (TPSA) is 79.5 Å². The van der Waals surface area contributed by atoms with Crippen LogP contribution in [0, 0.1) is 0 Å². The highest BCUT2D eigenvalue weighted by molar-refractivity contribution is 7.99. The Morgan fingerprint density at radius 3 is 2.36 bits per heavy atom. The quantitative estimate of drug-likeness (QED) is 0.796. The molecular formula is C16H17NO4S. The molecule has 22 heavy (non-hydrogen) atoms. The van der Waals surface area contributed by atoms with Crippen molar-refractivity contribution < 1.29 is 19.1 Å². The molecule has 1 amide bonds. The molecule has 1 unspecified atom stereocenters. The number of benzene rings is 1. The Bertz CT molecular complexity index is 663. The number of nitrogens with one attached hydrogen (secondary N) is 1. The molecule has 0 aliphatic carbocycles. The van der Waals surface area contributed by atoms with Crippen molar-refractivity contribution in [3.05, 3.63) is 53.5 Å². The third kappa shape index (κ3) is 3.92. The van der Waals surface area contributed by atoms with Gasteiger partial charge < -0.3 is 14.8 Å². The van der Waals surface area contributed by atoms with E-state index in [1.165, 1.54) is 17.0 Å². The van der Waals surface area contributed by atoms with E-state index in [-0.39, 0.29) is 17.6 Å². The molecule has 2 rings (SSSR count). The van der Waals surface area contributed by atoms with Crippen LogP contribution in [-0.2, 0) is 0 Å². The number of thioether (sulfide) groups is 1. The van der Waals surface area contributed by atoms with E-state index in [1.54, 1.807) is 11.8 Å². The molecular weight excluding hydrogens is 302 g/mol. The molecule has 6 heteroatoms. The lowest BCUT2D eigenvalue weighted by Crippen LogP contribution is -2.26. The largest absolute Gasteiger partial charge is 0.475 e. The van der Waals surface area contributed by atoms with Crippen molar-refractivity contribution in [1.82, 2.24) is 5.32 Å². The second-order valence-corrected chi connectivity index (χ2v) is 6.00. The smallest absolute Gasteiger partial charge is 0.371 e. The molecule has 0 aliphatic rings. The van der Waals surface area contributed by atoms with Crippen molar-refractivity contribution >= 4 is 23.6 Å². The van der Waals surface area contributed by atoms with E-state index in [0.717, 1.165) is 11.3 Å². The maximum atomic E-state index is 12.0. The van der Waals surface area contributed by atoms with Crippen LogP contribution < -0.4 is 5.32 Å². The maximum Gasteiger partial charge on any atom is 0.371 e. The van der Waals surface area contributed by atoms with Gasteiger partial charge in [0.05, 0.1) is 6.04 Å². The van der Waals surface area contributed by atoms with Crippen molar-refractivity contribution in [3.8, 4) is 0 Å². The molecule has 0 fully saturated rings. The van der Waals surface area contributed by atoms with Crippen LogP contribution in [0.5, 0.6) is 0 Å². The first kappa shape index (κ1) is 16.2. The average Bonchev–Trinajstić information content (AvgIpc) is 2.98. The fourth-order valence-corrected chi connectivity index (χ4v) is 2.61. The molecule has 0 aliphatic heterocycles. The number of furan rings is 1. The van der Waals surface area contributed by atoms with Gasteiger partial charge in [0.2, 0.25) is 5.76 Å². The summed E-state index contributed by atoms with van der Waals surface area (Å²) in [6.45, 7) is 3.96. The number of hydrogen-bond acceptors (Lipinski definition) is 4. The van der Waals surface area contributed by atoms with E-state index in [4.69, 9.17) is 9.52 Å². The first-order valence-corrected chi connectivity index (χ1v) is 7.86. The van der Waals surface area contributed by atoms with Gasteiger partial charge in [0.15, 0.2) is 5.76 Å². The number of hydrogen-bond donors (Lipinski definition) is 2. The minimum atomic E-state index is -1.20. The zero-order chi connectivity index (χ0) is 16.1. The predicted octanol–water partition coefficient (Wildman–Crippen LogP) is 3.58. The minimum Gasteiger partial charge on any atom is -0.475 e. The van der Waals surface area contributed by atoms with Crippen LogP contribution in [0.3, 0.4) is 0 Å². The highest BCUT2D eigenvalue weighted by Gasteiger charge is 2.17. The number of aromatic carboxylic acids is 1. The van der Waals surface area contributed by atoms with Gasteiger partial charge in [-0.1, -0.05) is 19.1 Å². The fraction of sp³-hybridized carbons (Fsp3) is 0.250. The second kappa shape index (κ2) is 7.17. The van der Waals surface area contributed by atoms with Crippen LogP contribution in [0.25, 0.3) is 0 Å².